The van der Waals surface area contributed by atoms with Crippen molar-refractivity contribution in [3.05, 3.63) is 21.9 Å². The first-order valence-corrected chi connectivity index (χ1v) is 6.96. The minimum Gasteiger partial charge on any atom is -0.350 e. The number of nitrogens with one attached hydrogen (secondary N) is 1. The van der Waals surface area contributed by atoms with Crippen molar-refractivity contribution in [3.63, 3.8) is 0 Å². The molecule has 0 aromatic carbocycles. The van der Waals surface area contributed by atoms with Gasteiger partial charge in [0.2, 0.25) is 11.8 Å². The molecule has 1 rings (SSSR count). The molecule has 0 aliphatic carbocycles. The number of carbonyl (C=O) groups is 2. The fraction of sp³-hybridized carbons (Fsp3) is 0.538. The Hall–Kier alpha value is -1.40. The van der Waals surface area contributed by atoms with E-state index in [9.17, 15) is 9.59 Å². The van der Waals surface area contributed by atoms with Crippen molar-refractivity contribution in [1.29, 1.82) is 0 Å². The third-order valence-electron chi connectivity index (χ3n) is 2.73. The number of likely N-dealkylation sites (N-methyl/N-ethyl adjacent to an activating group) is 2. The Kier molecular flexibility index (Phi) is 5.98. The van der Waals surface area contributed by atoms with Crippen molar-refractivity contribution in [2.24, 2.45) is 0 Å². The summed E-state index contributed by atoms with van der Waals surface area (Å²) in [6.07, 6.45) is 0. The van der Waals surface area contributed by atoms with Gasteiger partial charge in [0, 0.05) is 19.0 Å². The summed E-state index contributed by atoms with van der Waals surface area (Å²) in [5.74, 6) is -0.0775. The summed E-state index contributed by atoms with van der Waals surface area (Å²) in [5, 5.41) is 4.88. The fourth-order valence-corrected chi connectivity index (χ4v) is 2.34. The number of thiophene rings is 1. The lowest BCUT2D eigenvalue weighted by molar-refractivity contribution is -0.130. The molecule has 0 unspecified atom stereocenters. The van der Waals surface area contributed by atoms with Gasteiger partial charge in [-0.15, -0.1) is 11.3 Å². The molecule has 2 amide bonds. The average Bonchev–Trinajstić information content (AvgIpc) is 2.71. The molecule has 0 spiro atoms. The van der Waals surface area contributed by atoms with Crippen LogP contribution in [0.1, 0.15) is 10.4 Å². The van der Waals surface area contributed by atoms with Gasteiger partial charge in [0.15, 0.2) is 0 Å². The molecule has 1 aromatic heterocycles. The van der Waals surface area contributed by atoms with E-state index in [1.165, 1.54) is 15.3 Å². The zero-order valence-corrected chi connectivity index (χ0v) is 12.7. The molecule has 0 fully saturated rings. The van der Waals surface area contributed by atoms with Gasteiger partial charge in [-0.25, -0.2) is 0 Å². The van der Waals surface area contributed by atoms with Crippen LogP contribution in [0.25, 0.3) is 0 Å². The SMILES string of the molecule is Cc1ccsc1CNC(=O)CN(C)CC(=O)N(C)C. The molecule has 5 nitrogen and oxygen atoms in total. The Morgan fingerprint density at radius 2 is 1.95 bits per heavy atom. The largest absolute Gasteiger partial charge is 0.350 e. The predicted octanol–water partition coefficient (Wildman–Crippen LogP) is 0.693. The third-order valence-corrected chi connectivity index (χ3v) is 3.75. The van der Waals surface area contributed by atoms with Crippen molar-refractivity contribution in [3.8, 4) is 0 Å². The summed E-state index contributed by atoms with van der Waals surface area (Å²) >= 11 is 1.64. The van der Waals surface area contributed by atoms with Crippen LogP contribution in [0.15, 0.2) is 11.4 Å². The third kappa shape index (κ3) is 5.40. The van der Waals surface area contributed by atoms with E-state index in [1.54, 1.807) is 37.4 Å². The lowest BCUT2D eigenvalue weighted by Gasteiger charge is -2.18. The Morgan fingerprint density at radius 3 is 2.47 bits per heavy atom. The first kappa shape index (κ1) is 15.7. The summed E-state index contributed by atoms with van der Waals surface area (Å²) in [7, 11) is 5.17. The van der Waals surface area contributed by atoms with E-state index < -0.39 is 0 Å². The second kappa shape index (κ2) is 7.25. The van der Waals surface area contributed by atoms with Gasteiger partial charge >= 0.3 is 0 Å². The summed E-state index contributed by atoms with van der Waals surface area (Å²) < 4.78 is 0. The second-order valence-corrected chi connectivity index (χ2v) is 5.76. The summed E-state index contributed by atoms with van der Waals surface area (Å²) in [5.41, 5.74) is 1.20. The monoisotopic (exact) mass is 283 g/mol. The second-order valence-electron chi connectivity index (χ2n) is 4.76. The first-order chi connectivity index (χ1) is 8.90. The Morgan fingerprint density at radius 1 is 1.26 bits per heavy atom. The molecule has 1 aromatic rings. The Balaban J connectivity index is 2.31. The van der Waals surface area contributed by atoms with E-state index >= 15 is 0 Å². The van der Waals surface area contributed by atoms with Crippen LogP contribution in [0.3, 0.4) is 0 Å². The van der Waals surface area contributed by atoms with E-state index in [0.29, 0.717) is 6.54 Å². The molecule has 0 saturated carbocycles. The first-order valence-electron chi connectivity index (χ1n) is 6.08. The van der Waals surface area contributed by atoms with Crippen molar-refractivity contribution >= 4 is 23.2 Å². The van der Waals surface area contributed by atoms with Gasteiger partial charge in [-0.2, -0.15) is 0 Å². The zero-order valence-electron chi connectivity index (χ0n) is 11.9. The molecule has 0 atom stereocenters. The number of hydrogen-bond donors (Lipinski definition) is 1. The van der Waals surface area contributed by atoms with Crippen LogP contribution in [0.2, 0.25) is 0 Å². The molecule has 0 aliphatic rings. The van der Waals surface area contributed by atoms with Crippen molar-refractivity contribution in [2.75, 3.05) is 34.2 Å². The summed E-state index contributed by atoms with van der Waals surface area (Å²) in [4.78, 5) is 27.6. The van der Waals surface area contributed by atoms with Gasteiger partial charge in [-0.1, -0.05) is 0 Å². The molecule has 1 heterocycles. The number of carbonyl (C=O) groups excluding carboxylic acids is 2. The number of rotatable bonds is 6. The molecule has 6 heteroatoms. The maximum absolute atomic E-state index is 11.7. The topological polar surface area (TPSA) is 52.7 Å². The average molecular weight is 283 g/mol. The Labute approximate surface area is 118 Å². The Bertz CT molecular complexity index is 443. The van der Waals surface area contributed by atoms with E-state index in [2.05, 4.69) is 5.32 Å². The fourth-order valence-electron chi connectivity index (χ4n) is 1.49. The van der Waals surface area contributed by atoms with E-state index in [1.807, 2.05) is 18.4 Å². The van der Waals surface area contributed by atoms with E-state index in [-0.39, 0.29) is 24.9 Å². The van der Waals surface area contributed by atoms with Gasteiger partial charge in [0.05, 0.1) is 19.6 Å². The highest BCUT2D eigenvalue weighted by Gasteiger charge is 2.12. The van der Waals surface area contributed by atoms with Crippen molar-refractivity contribution in [2.45, 2.75) is 13.5 Å². The molecule has 0 bridgehead atoms. The molecule has 19 heavy (non-hydrogen) atoms. The van der Waals surface area contributed by atoms with Crippen LogP contribution in [-0.4, -0.2) is 55.8 Å². The van der Waals surface area contributed by atoms with Gasteiger partial charge in [-0.3, -0.25) is 14.5 Å². The van der Waals surface area contributed by atoms with Crippen molar-refractivity contribution in [1.82, 2.24) is 15.1 Å². The maximum Gasteiger partial charge on any atom is 0.236 e. The van der Waals surface area contributed by atoms with Gasteiger partial charge in [0.1, 0.15) is 0 Å². The normalized spacial score (nSPS) is 10.6. The highest BCUT2D eigenvalue weighted by molar-refractivity contribution is 7.10. The van der Waals surface area contributed by atoms with Gasteiger partial charge in [-0.05, 0) is 31.0 Å². The summed E-state index contributed by atoms with van der Waals surface area (Å²) in [6.45, 7) is 3.06. The van der Waals surface area contributed by atoms with E-state index in [4.69, 9.17) is 0 Å². The quantitative estimate of drug-likeness (QED) is 0.836. The highest BCUT2D eigenvalue weighted by Crippen LogP contribution is 2.14. The predicted molar refractivity (Wildman–Crippen MR) is 77.1 cm³/mol. The minimum absolute atomic E-state index is 0.00981. The van der Waals surface area contributed by atoms with Crippen LogP contribution in [-0.2, 0) is 16.1 Å². The van der Waals surface area contributed by atoms with Gasteiger partial charge in [0.25, 0.3) is 0 Å². The van der Waals surface area contributed by atoms with Crippen LogP contribution >= 0.6 is 11.3 Å². The van der Waals surface area contributed by atoms with Crippen LogP contribution in [0.5, 0.6) is 0 Å². The molecule has 0 radical (unpaired) electrons. The molecular weight excluding hydrogens is 262 g/mol. The standard InChI is InChI=1S/C13H21N3O2S/c1-10-5-6-19-11(10)7-14-12(17)8-16(4)9-13(18)15(2)3/h5-6H,7-9H2,1-4H3,(H,14,17). The number of hydrogen-bond acceptors (Lipinski definition) is 4. The lowest BCUT2D eigenvalue weighted by Crippen LogP contribution is -2.40. The maximum atomic E-state index is 11.7. The van der Waals surface area contributed by atoms with Gasteiger partial charge < -0.3 is 10.2 Å². The molecule has 106 valence electrons. The zero-order chi connectivity index (χ0) is 14.4. The number of amides is 2. The van der Waals surface area contributed by atoms with Crippen LogP contribution < -0.4 is 5.32 Å². The highest BCUT2D eigenvalue weighted by atomic mass is 32.1. The number of aryl methyl sites for hydroxylation is 1. The summed E-state index contributed by atoms with van der Waals surface area (Å²) in [6, 6.07) is 2.04. The lowest BCUT2D eigenvalue weighted by atomic mass is 10.3. The van der Waals surface area contributed by atoms with Crippen LogP contribution in [0.4, 0.5) is 0 Å². The minimum atomic E-state index is -0.0677. The molecular formula is C13H21N3O2S. The number of nitrogens with zero attached hydrogens (tertiary/aromatic N) is 2. The van der Waals surface area contributed by atoms with Crippen molar-refractivity contribution < 1.29 is 9.59 Å². The van der Waals surface area contributed by atoms with Crippen LogP contribution in [0, 0.1) is 6.92 Å². The molecule has 0 aliphatic heterocycles. The molecule has 0 saturated heterocycles. The van der Waals surface area contributed by atoms with E-state index in [0.717, 1.165) is 0 Å². The molecule has 1 N–H and O–H groups in total. The smallest absolute Gasteiger partial charge is 0.236 e.